The van der Waals surface area contributed by atoms with E-state index in [4.69, 9.17) is 9.84 Å². The number of rotatable bonds is 12. The molecule has 0 bridgehead atoms. The van der Waals surface area contributed by atoms with Crippen molar-refractivity contribution in [2.45, 2.75) is 38.9 Å². The van der Waals surface area contributed by atoms with Crippen LogP contribution in [0.25, 0.3) is 11.1 Å². The molecule has 0 spiro atoms. The Balaban J connectivity index is 1.63. The number of carboxylic acid groups (broad SMARTS) is 1. The number of aliphatic carboxylic acids is 1. The number of anilines is 1. The largest absolute Gasteiger partial charge is 0.491 e. The lowest BCUT2D eigenvalue weighted by molar-refractivity contribution is -0.138. The molecule has 0 aliphatic carbocycles. The van der Waals surface area contributed by atoms with Gasteiger partial charge in [-0.05, 0) is 60.0 Å². The van der Waals surface area contributed by atoms with Crippen LogP contribution < -0.4 is 15.4 Å². The Morgan fingerprint density at radius 1 is 1.00 bits per heavy atom. The van der Waals surface area contributed by atoms with E-state index in [-0.39, 0.29) is 48.8 Å². The minimum atomic E-state index is -4.46. The number of carbonyl (C=O) groups is 2. The van der Waals surface area contributed by atoms with E-state index in [2.05, 4.69) is 10.6 Å². The SMILES string of the molecule is CCC(C)C(COc1ccc(-c2ccc(C(F)(F)F)cc2)c(F)c1)Nc1ccc(C(=O)NCCC(=O)O)cc1. The van der Waals surface area contributed by atoms with Gasteiger partial charge in [-0.15, -0.1) is 0 Å². The van der Waals surface area contributed by atoms with Crippen molar-refractivity contribution in [2.75, 3.05) is 18.5 Å². The highest BCUT2D eigenvalue weighted by atomic mass is 19.4. The minimum Gasteiger partial charge on any atom is -0.491 e. The van der Waals surface area contributed by atoms with Crippen molar-refractivity contribution in [3.8, 4) is 16.9 Å². The maximum absolute atomic E-state index is 14.8. The third-order valence-corrected chi connectivity index (χ3v) is 6.35. The second kappa shape index (κ2) is 13.1. The smallest absolute Gasteiger partial charge is 0.416 e. The first kappa shape index (κ1) is 29.5. The zero-order valence-corrected chi connectivity index (χ0v) is 21.5. The van der Waals surface area contributed by atoms with Crippen molar-refractivity contribution in [2.24, 2.45) is 5.92 Å². The fraction of sp³-hybridized carbons (Fsp3) is 0.310. The average molecular weight is 547 g/mol. The Hall–Kier alpha value is -4.08. The van der Waals surface area contributed by atoms with E-state index >= 15 is 0 Å². The minimum absolute atomic E-state index is 0.0352. The fourth-order valence-corrected chi connectivity index (χ4v) is 3.79. The van der Waals surface area contributed by atoms with Gasteiger partial charge in [-0.3, -0.25) is 9.59 Å². The summed E-state index contributed by atoms with van der Waals surface area (Å²) < 4.78 is 59.1. The molecule has 0 aliphatic heterocycles. The first-order valence-corrected chi connectivity index (χ1v) is 12.4. The number of nitrogens with one attached hydrogen (secondary N) is 2. The van der Waals surface area contributed by atoms with E-state index in [0.717, 1.165) is 24.2 Å². The van der Waals surface area contributed by atoms with Crippen molar-refractivity contribution in [3.63, 3.8) is 0 Å². The highest BCUT2D eigenvalue weighted by Gasteiger charge is 2.30. The Kier molecular flexibility index (Phi) is 9.92. The first-order chi connectivity index (χ1) is 18.5. The maximum atomic E-state index is 14.8. The predicted molar refractivity (Wildman–Crippen MR) is 140 cm³/mol. The van der Waals surface area contributed by atoms with Gasteiger partial charge in [0.15, 0.2) is 0 Å². The summed E-state index contributed by atoms with van der Waals surface area (Å²) in [6, 6.07) is 15.1. The molecule has 0 fully saturated rings. The van der Waals surface area contributed by atoms with Crippen LogP contribution in [0.1, 0.15) is 42.6 Å². The van der Waals surface area contributed by atoms with E-state index < -0.39 is 23.5 Å². The van der Waals surface area contributed by atoms with Crippen molar-refractivity contribution in [3.05, 3.63) is 83.7 Å². The van der Waals surface area contributed by atoms with Gasteiger partial charge in [-0.25, -0.2) is 4.39 Å². The van der Waals surface area contributed by atoms with Gasteiger partial charge in [0, 0.05) is 29.4 Å². The molecule has 3 aromatic rings. The van der Waals surface area contributed by atoms with Crippen molar-refractivity contribution in [1.29, 1.82) is 0 Å². The standard InChI is InChI=1S/C29H30F4N2O4/c1-3-18(2)26(35-22-10-6-20(7-11-22)28(38)34-15-14-27(36)37)17-39-23-12-13-24(25(30)16-23)19-4-8-21(9-5-19)29(31,32)33/h4-13,16,18,26,35H,3,14-15,17H2,1-2H3,(H,34,38)(H,36,37). The number of carboxylic acids is 1. The Morgan fingerprint density at radius 3 is 2.23 bits per heavy atom. The molecule has 1 amide bonds. The summed E-state index contributed by atoms with van der Waals surface area (Å²) in [5.74, 6) is -1.51. The molecule has 0 radical (unpaired) electrons. The van der Waals surface area contributed by atoms with E-state index in [9.17, 15) is 27.2 Å². The number of benzene rings is 3. The normalized spacial score (nSPS) is 12.9. The van der Waals surface area contributed by atoms with Crippen LogP contribution in [0.5, 0.6) is 5.75 Å². The first-order valence-electron chi connectivity index (χ1n) is 12.4. The number of carbonyl (C=O) groups excluding carboxylic acids is 1. The Morgan fingerprint density at radius 2 is 1.67 bits per heavy atom. The molecule has 0 aliphatic rings. The molecule has 0 aromatic heterocycles. The van der Waals surface area contributed by atoms with Crippen LogP contribution in [-0.4, -0.2) is 36.2 Å². The third-order valence-electron chi connectivity index (χ3n) is 6.35. The van der Waals surface area contributed by atoms with Gasteiger partial charge in [-0.1, -0.05) is 32.4 Å². The van der Waals surface area contributed by atoms with E-state index in [1.54, 1.807) is 30.3 Å². The summed E-state index contributed by atoms with van der Waals surface area (Å²) >= 11 is 0. The zero-order chi connectivity index (χ0) is 28.6. The predicted octanol–water partition coefficient (Wildman–Crippen LogP) is 6.62. The monoisotopic (exact) mass is 546 g/mol. The van der Waals surface area contributed by atoms with Crippen LogP contribution in [0.15, 0.2) is 66.7 Å². The van der Waals surface area contributed by atoms with Crippen molar-refractivity contribution >= 4 is 17.6 Å². The van der Waals surface area contributed by atoms with Gasteiger partial charge in [0.05, 0.1) is 18.0 Å². The topological polar surface area (TPSA) is 87.7 Å². The van der Waals surface area contributed by atoms with Gasteiger partial charge in [0.2, 0.25) is 0 Å². The van der Waals surface area contributed by atoms with Gasteiger partial charge in [-0.2, -0.15) is 13.2 Å². The van der Waals surface area contributed by atoms with E-state index in [1.807, 2.05) is 13.8 Å². The second-order valence-electron chi connectivity index (χ2n) is 9.14. The molecule has 0 saturated carbocycles. The highest BCUT2D eigenvalue weighted by molar-refractivity contribution is 5.94. The van der Waals surface area contributed by atoms with Crippen molar-refractivity contribution < 1.29 is 37.0 Å². The number of halogens is 4. The number of ether oxygens (including phenoxy) is 1. The molecule has 2 unspecified atom stereocenters. The molecule has 208 valence electrons. The molecule has 0 heterocycles. The molecule has 2 atom stereocenters. The van der Waals surface area contributed by atoms with Gasteiger partial charge in [0.25, 0.3) is 5.91 Å². The van der Waals surface area contributed by atoms with Crippen LogP contribution in [0.2, 0.25) is 0 Å². The molecule has 10 heteroatoms. The highest BCUT2D eigenvalue weighted by Crippen LogP contribution is 2.32. The number of hydrogen-bond donors (Lipinski definition) is 3. The fourth-order valence-electron chi connectivity index (χ4n) is 3.79. The molecule has 6 nitrogen and oxygen atoms in total. The second-order valence-corrected chi connectivity index (χ2v) is 9.14. The lowest BCUT2D eigenvalue weighted by Crippen LogP contribution is -2.33. The number of hydrogen-bond acceptors (Lipinski definition) is 4. The molecule has 0 saturated heterocycles. The van der Waals surface area contributed by atoms with Crippen LogP contribution >= 0.6 is 0 Å². The summed E-state index contributed by atoms with van der Waals surface area (Å²) in [4.78, 5) is 22.7. The van der Waals surface area contributed by atoms with E-state index in [0.29, 0.717) is 11.1 Å². The van der Waals surface area contributed by atoms with Crippen molar-refractivity contribution in [1.82, 2.24) is 5.32 Å². The number of amides is 1. The Labute approximate surface area is 224 Å². The Bertz CT molecular complexity index is 1260. The average Bonchev–Trinajstić information content (AvgIpc) is 2.90. The van der Waals surface area contributed by atoms with E-state index in [1.165, 1.54) is 24.3 Å². The van der Waals surface area contributed by atoms with Crippen LogP contribution in [-0.2, 0) is 11.0 Å². The molecule has 3 aromatic carbocycles. The summed E-state index contributed by atoms with van der Waals surface area (Å²) in [5.41, 5.74) is 0.828. The van der Waals surface area contributed by atoms with Gasteiger partial charge >= 0.3 is 12.1 Å². The van der Waals surface area contributed by atoms with Crippen LogP contribution in [0, 0.1) is 11.7 Å². The van der Waals surface area contributed by atoms with Gasteiger partial charge < -0.3 is 20.5 Å². The van der Waals surface area contributed by atoms with Gasteiger partial charge in [0.1, 0.15) is 18.2 Å². The van der Waals surface area contributed by atoms with Crippen LogP contribution in [0.4, 0.5) is 23.2 Å². The molecular weight excluding hydrogens is 516 g/mol. The summed E-state index contributed by atoms with van der Waals surface area (Å²) in [7, 11) is 0. The lowest BCUT2D eigenvalue weighted by Gasteiger charge is -2.26. The zero-order valence-electron chi connectivity index (χ0n) is 21.5. The quantitative estimate of drug-likeness (QED) is 0.222. The lowest BCUT2D eigenvalue weighted by atomic mass is 9.99. The summed E-state index contributed by atoms with van der Waals surface area (Å²) in [5, 5.41) is 14.6. The maximum Gasteiger partial charge on any atom is 0.416 e. The number of alkyl halides is 3. The van der Waals surface area contributed by atoms with Crippen LogP contribution in [0.3, 0.4) is 0 Å². The molecule has 39 heavy (non-hydrogen) atoms. The molecular formula is C29H30F4N2O4. The molecule has 3 rings (SSSR count). The third kappa shape index (κ3) is 8.46. The summed E-state index contributed by atoms with van der Waals surface area (Å²) in [6.07, 6.45) is -3.79. The summed E-state index contributed by atoms with van der Waals surface area (Å²) in [6.45, 7) is 4.32. The molecule has 3 N–H and O–H groups in total.